The molecule has 5 heteroatoms. The van der Waals surface area contributed by atoms with Gasteiger partial charge in [-0.25, -0.2) is 0 Å². The molecular formula is C18H23N3O2. The van der Waals surface area contributed by atoms with Crippen molar-refractivity contribution in [2.45, 2.75) is 32.9 Å². The molecule has 1 unspecified atom stereocenters. The Hall–Kier alpha value is -1.85. The van der Waals surface area contributed by atoms with Crippen LogP contribution in [0.4, 0.5) is 0 Å². The molecule has 4 rings (SSSR count). The lowest BCUT2D eigenvalue weighted by molar-refractivity contribution is -0.0131. The number of aromatic amines is 1. The van der Waals surface area contributed by atoms with Crippen LogP contribution in [0.3, 0.4) is 0 Å². The van der Waals surface area contributed by atoms with Gasteiger partial charge in [-0.05, 0) is 31.0 Å². The SMILES string of the molecule is Cc1n[nH]c(C)c1C1COCCN1Cc1ccc2c(c1)CCO2. The van der Waals surface area contributed by atoms with Crippen molar-refractivity contribution < 1.29 is 9.47 Å². The summed E-state index contributed by atoms with van der Waals surface area (Å²) in [6.45, 7) is 8.38. The number of nitrogens with zero attached hydrogens (tertiary/aromatic N) is 2. The fraction of sp³-hybridized carbons (Fsp3) is 0.500. The van der Waals surface area contributed by atoms with Crippen molar-refractivity contribution in [2.75, 3.05) is 26.4 Å². The molecule has 1 aromatic carbocycles. The van der Waals surface area contributed by atoms with Crippen molar-refractivity contribution in [1.82, 2.24) is 15.1 Å². The highest BCUT2D eigenvalue weighted by atomic mass is 16.5. The summed E-state index contributed by atoms with van der Waals surface area (Å²) in [5, 5.41) is 7.46. The van der Waals surface area contributed by atoms with Crippen molar-refractivity contribution in [3.63, 3.8) is 0 Å². The lowest BCUT2D eigenvalue weighted by Gasteiger charge is -2.36. The van der Waals surface area contributed by atoms with E-state index < -0.39 is 0 Å². The van der Waals surface area contributed by atoms with E-state index in [1.807, 2.05) is 0 Å². The first-order chi connectivity index (χ1) is 11.2. The molecule has 0 amide bonds. The van der Waals surface area contributed by atoms with Crippen LogP contribution >= 0.6 is 0 Å². The van der Waals surface area contributed by atoms with Crippen molar-refractivity contribution in [3.05, 3.63) is 46.3 Å². The number of benzene rings is 1. The van der Waals surface area contributed by atoms with Gasteiger partial charge in [0, 0.05) is 30.8 Å². The van der Waals surface area contributed by atoms with Gasteiger partial charge in [0.15, 0.2) is 0 Å². The minimum atomic E-state index is 0.270. The quantitative estimate of drug-likeness (QED) is 0.946. The van der Waals surface area contributed by atoms with E-state index in [1.54, 1.807) is 0 Å². The molecule has 1 N–H and O–H groups in total. The van der Waals surface area contributed by atoms with Crippen LogP contribution in [-0.4, -0.2) is 41.5 Å². The molecule has 3 heterocycles. The number of morpholine rings is 1. The summed E-state index contributed by atoms with van der Waals surface area (Å²) in [6.07, 6.45) is 1.02. The van der Waals surface area contributed by atoms with Crippen LogP contribution in [0.15, 0.2) is 18.2 Å². The van der Waals surface area contributed by atoms with Crippen LogP contribution in [0.2, 0.25) is 0 Å². The maximum Gasteiger partial charge on any atom is 0.122 e. The zero-order valence-corrected chi connectivity index (χ0v) is 13.8. The minimum absolute atomic E-state index is 0.270. The summed E-state index contributed by atoms with van der Waals surface area (Å²) in [6, 6.07) is 6.86. The first kappa shape index (κ1) is 14.7. The van der Waals surface area contributed by atoms with Gasteiger partial charge in [0.05, 0.1) is 31.6 Å². The topological polar surface area (TPSA) is 50.4 Å². The number of fused-ring (bicyclic) bond motifs is 1. The monoisotopic (exact) mass is 313 g/mol. The summed E-state index contributed by atoms with van der Waals surface area (Å²) in [5.41, 5.74) is 6.19. The molecule has 2 aliphatic heterocycles. The molecule has 23 heavy (non-hydrogen) atoms. The van der Waals surface area contributed by atoms with Gasteiger partial charge in [-0.2, -0.15) is 5.10 Å². The van der Waals surface area contributed by atoms with Crippen LogP contribution in [-0.2, 0) is 17.7 Å². The largest absolute Gasteiger partial charge is 0.493 e. The van der Waals surface area contributed by atoms with Crippen LogP contribution in [0.1, 0.15) is 34.1 Å². The first-order valence-electron chi connectivity index (χ1n) is 8.30. The fourth-order valence-electron chi connectivity index (χ4n) is 3.72. The molecule has 0 saturated carbocycles. The van der Waals surface area contributed by atoms with Crippen molar-refractivity contribution in [1.29, 1.82) is 0 Å². The smallest absolute Gasteiger partial charge is 0.122 e. The van der Waals surface area contributed by atoms with Gasteiger partial charge in [-0.3, -0.25) is 10.00 Å². The Balaban J connectivity index is 1.59. The molecule has 1 saturated heterocycles. The van der Waals surface area contributed by atoms with Gasteiger partial charge < -0.3 is 9.47 Å². The lowest BCUT2D eigenvalue weighted by atomic mass is 10.0. The maximum absolute atomic E-state index is 5.75. The number of aromatic nitrogens is 2. The average molecular weight is 313 g/mol. The Morgan fingerprint density at radius 2 is 2.22 bits per heavy atom. The lowest BCUT2D eigenvalue weighted by Crippen LogP contribution is -2.39. The Labute approximate surface area is 136 Å². The molecule has 1 atom stereocenters. The molecule has 2 aliphatic rings. The molecule has 1 aromatic heterocycles. The molecule has 122 valence electrons. The van der Waals surface area contributed by atoms with E-state index in [2.05, 4.69) is 47.1 Å². The number of H-pyrrole nitrogens is 1. The normalized spacial score (nSPS) is 21.2. The fourth-order valence-corrected chi connectivity index (χ4v) is 3.72. The van der Waals surface area contributed by atoms with E-state index in [9.17, 15) is 0 Å². The predicted octanol–water partition coefficient (Wildman–Crippen LogP) is 2.53. The molecule has 5 nitrogen and oxygen atoms in total. The number of aryl methyl sites for hydroxylation is 2. The van der Waals surface area contributed by atoms with Crippen LogP contribution in [0.25, 0.3) is 0 Å². The van der Waals surface area contributed by atoms with E-state index in [-0.39, 0.29) is 6.04 Å². The third-order valence-corrected chi connectivity index (χ3v) is 4.90. The van der Waals surface area contributed by atoms with Crippen LogP contribution < -0.4 is 4.74 Å². The third kappa shape index (κ3) is 2.75. The summed E-state index contributed by atoms with van der Waals surface area (Å²) in [5.74, 6) is 1.05. The van der Waals surface area contributed by atoms with Gasteiger partial charge in [0.2, 0.25) is 0 Å². The standard InChI is InChI=1S/C18H23N3O2/c1-12-18(13(2)20-19-12)16-11-22-8-6-21(16)10-14-3-4-17-15(9-14)5-7-23-17/h3-4,9,16H,5-8,10-11H2,1-2H3,(H,19,20). The minimum Gasteiger partial charge on any atom is -0.493 e. The Morgan fingerprint density at radius 3 is 3.04 bits per heavy atom. The molecule has 0 aliphatic carbocycles. The maximum atomic E-state index is 5.75. The average Bonchev–Trinajstić information content (AvgIpc) is 3.14. The second-order valence-electron chi connectivity index (χ2n) is 6.45. The second kappa shape index (κ2) is 5.98. The van der Waals surface area contributed by atoms with Crippen molar-refractivity contribution in [2.24, 2.45) is 0 Å². The Morgan fingerprint density at radius 1 is 1.30 bits per heavy atom. The highest BCUT2D eigenvalue weighted by molar-refractivity contribution is 5.40. The number of hydrogen-bond donors (Lipinski definition) is 1. The zero-order chi connectivity index (χ0) is 15.8. The van der Waals surface area contributed by atoms with Gasteiger partial charge in [0.1, 0.15) is 5.75 Å². The number of ether oxygens (including phenoxy) is 2. The number of rotatable bonds is 3. The summed E-state index contributed by atoms with van der Waals surface area (Å²) in [4.78, 5) is 2.51. The summed E-state index contributed by atoms with van der Waals surface area (Å²) in [7, 11) is 0. The highest BCUT2D eigenvalue weighted by Crippen LogP contribution is 2.31. The van der Waals surface area contributed by atoms with E-state index in [1.165, 1.54) is 16.7 Å². The molecule has 0 bridgehead atoms. The van der Waals surface area contributed by atoms with Crippen LogP contribution in [0.5, 0.6) is 5.75 Å². The van der Waals surface area contributed by atoms with Gasteiger partial charge in [0.25, 0.3) is 0 Å². The number of hydrogen-bond acceptors (Lipinski definition) is 4. The summed E-state index contributed by atoms with van der Waals surface area (Å²) < 4.78 is 11.4. The van der Waals surface area contributed by atoms with E-state index in [0.717, 1.165) is 56.5 Å². The van der Waals surface area contributed by atoms with Gasteiger partial charge in [-0.1, -0.05) is 12.1 Å². The number of nitrogens with one attached hydrogen (secondary N) is 1. The first-order valence-corrected chi connectivity index (χ1v) is 8.30. The molecule has 2 aromatic rings. The molecule has 0 radical (unpaired) electrons. The summed E-state index contributed by atoms with van der Waals surface area (Å²) >= 11 is 0. The molecular weight excluding hydrogens is 290 g/mol. The third-order valence-electron chi connectivity index (χ3n) is 4.90. The molecule has 1 fully saturated rings. The van der Waals surface area contributed by atoms with Crippen LogP contribution in [0, 0.1) is 13.8 Å². The molecule has 0 spiro atoms. The van der Waals surface area contributed by atoms with E-state index in [0.29, 0.717) is 0 Å². The van der Waals surface area contributed by atoms with Gasteiger partial charge in [-0.15, -0.1) is 0 Å². The highest BCUT2D eigenvalue weighted by Gasteiger charge is 2.28. The van der Waals surface area contributed by atoms with E-state index in [4.69, 9.17) is 9.47 Å². The van der Waals surface area contributed by atoms with Crippen molar-refractivity contribution >= 4 is 0 Å². The van der Waals surface area contributed by atoms with Gasteiger partial charge >= 0.3 is 0 Å². The zero-order valence-electron chi connectivity index (χ0n) is 13.8. The Kier molecular flexibility index (Phi) is 3.83. The van der Waals surface area contributed by atoms with E-state index >= 15 is 0 Å². The van der Waals surface area contributed by atoms with Crippen molar-refractivity contribution in [3.8, 4) is 5.75 Å². The predicted molar refractivity (Wildman–Crippen MR) is 87.7 cm³/mol. The second-order valence-corrected chi connectivity index (χ2v) is 6.45. The Bertz CT molecular complexity index is 691.